The number of hydrogen-bond acceptors (Lipinski definition) is 2. The van der Waals surface area contributed by atoms with Crippen molar-refractivity contribution in [1.29, 1.82) is 0 Å². The van der Waals surface area contributed by atoms with Crippen molar-refractivity contribution < 1.29 is 4.79 Å². The van der Waals surface area contributed by atoms with Crippen LogP contribution in [0.5, 0.6) is 0 Å². The van der Waals surface area contributed by atoms with Crippen LogP contribution in [0.25, 0.3) is 0 Å². The highest BCUT2D eigenvalue weighted by Gasteiger charge is 2.34. The summed E-state index contributed by atoms with van der Waals surface area (Å²) in [6.07, 6.45) is 1.15. The number of fused-ring (bicyclic) bond motifs is 1. The first-order valence-electron chi connectivity index (χ1n) is 7.22. The van der Waals surface area contributed by atoms with Gasteiger partial charge < -0.3 is 10.2 Å². The van der Waals surface area contributed by atoms with Crippen molar-refractivity contribution in [3.63, 3.8) is 0 Å². The van der Waals surface area contributed by atoms with Crippen molar-refractivity contribution in [3.05, 3.63) is 34.9 Å². The van der Waals surface area contributed by atoms with Crippen LogP contribution in [0.1, 0.15) is 27.9 Å². The van der Waals surface area contributed by atoms with E-state index in [2.05, 4.69) is 25.2 Å². The summed E-state index contributed by atoms with van der Waals surface area (Å²) >= 11 is 0. The number of benzene rings is 1. The molecule has 2 aliphatic heterocycles. The lowest BCUT2D eigenvalue weighted by atomic mass is 9.88. The monoisotopic (exact) mass is 258 g/mol. The van der Waals surface area contributed by atoms with Gasteiger partial charge in [-0.3, -0.25) is 4.79 Å². The van der Waals surface area contributed by atoms with Crippen LogP contribution in [0.4, 0.5) is 0 Å². The second-order valence-corrected chi connectivity index (χ2v) is 6.09. The average molecular weight is 258 g/mol. The van der Waals surface area contributed by atoms with Crippen molar-refractivity contribution >= 4 is 5.91 Å². The molecule has 2 aliphatic rings. The molecule has 2 heterocycles. The fourth-order valence-corrected chi connectivity index (χ4v) is 3.50. The first kappa shape index (κ1) is 12.7. The topological polar surface area (TPSA) is 32.3 Å². The summed E-state index contributed by atoms with van der Waals surface area (Å²) in [5.41, 5.74) is 3.18. The largest absolute Gasteiger partial charge is 0.338 e. The molecule has 2 fully saturated rings. The maximum Gasteiger partial charge on any atom is 0.253 e. The number of rotatable bonds is 1. The van der Waals surface area contributed by atoms with Gasteiger partial charge in [0.05, 0.1) is 0 Å². The summed E-state index contributed by atoms with van der Waals surface area (Å²) in [7, 11) is 0. The molecule has 102 valence electrons. The van der Waals surface area contributed by atoms with Crippen LogP contribution in [-0.4, -0.2) is 37.0 Å². The minimum atomic E-state index is 0.206. The predicted octanol–water partition coefficient (Wildman–Crippen LogP) is 1.98. The van der Waals surface area contributed by atoms with Crippen molar-refractivity contribution in [1.82, 2.24) is 10.2 Å². The van der Waals surface area contributed by atoms with Gasteiger partial charge in [-0.25, -0.2) is 0 Å². The molecule has 1 amide bonds. The zero-order valence-corrected chi connectivity index (χ0v) is 11.8. The molecule has 19 heavy (non-hydrogen) atoms. The Morgan fingerprint density at radius 2 is 1.84 bits per heavy atom. The second-order valence-electron chi connectivity index (χ2n) is 6.09. The number of aryl methyl sites for hydroxylation is 2. The van der Waals surface area contributed by atoms with Gasteiger partial charge in [-0.1, -0.05) is 17.2 Å². The van der Waals surface area contributed by atoms with E-state index in [0.717, 1.165) is 44.1 Å². The van der Waals surface area contributed by atoms with Gasteiger partial charge in [0.15, 0.2) is 0 Å². The summed E-state index contributed by atoms with van der Waals surface area (Å²) < 4.78 is 0. The SMILES string of the molecule is Cc1cc(C)cc(C(=O)N2CCC3CNCC3C2)c1. The molecule has 3 heteroatoms. The van der Waals surface area contributed by atoms with E-state index in [1.807, 2.05) is 17.0 Å². The molecule has 2 saturated heterocycles. The minimum Gasteiger partial charge on any atom is -0.338 e. The van der Waals surface area contributed by atoms with Crippen LogP contribution in [0, 0.1) is 25.7 Å². The van der Waals surface area contributed by atoms with E-state index in [1.54, 1.807) is 0 Å². The number of amides is 1. The molecule has 0 saturated carbocycles. The summed E-state index contributed by atoms with van der Waals surface area (Å²) in [6, 6.07) is 6.13. The molecule has 1 N–H and O–H groups in total. The Kier molecular flexibility index (Phi) is 3.31. The third-order valence-corrected chi connectivity index (χ3v) is 4.46. The van der Waals surface area contributed by atoms with Crippen LogP contribution < -0.4 is 5.32 Å². The normalized spacial score (nSPS) is 26.3. The van der Waals surface area contributed by atoms with Crippen molar-refractivity contribution in [2.45, 2.75) is 20.3 Å². The molecule has 2 unspecified atom stereocenters. The Bertz CT molecular complexity index is 477. The maximum atomic E-state index is 12.6. The number of nitrogens with one attached hydrogen (secondary N) is 1. The molecule has 3 rings (SSSR count). The van der Waals surface area contributed by atoms with Crippen molar-refractivity contribution in [2.75, 3.05) is 26.2 Å². The van der Waals surface area contributed by atoms with Gasteiger partial charge >= 0.3 is 0 Å². The first-order valence-corrected chi connectivity index (χ1v) is 7.22. The summed E-state index contributed by atoms with van der Waals surface area (Å²) in [6.45, 7) is 8.14. The molecule has 0 aromatic heterocycles. The second kappa shape index (κ2) is 4.97. The fraction of sp³-hybridized carbons (Fsp3) is 0.562. The van der Waals surface area contributed by atoms with Crippen LogP contribution in [-0.2, 0) is 0 Å². The molecule has 3 nitrogen and oxygen atoms in total. The zero-order valence-electron chi connectivity index (χ0n) is 11.8. The highest BCUT2D eigenvalue weighted by atomic mass is 16.2. The van der Waals surface area contributed by atoms with Gasteiger partial charge in [-0.05, 0) is 57.3 Å². The number of likely N-dealkylation sites (tertiary alicyclic amines) is 1. The highest BCUT2D eigenvalue weighted by Crippen LogP contribution is 2.27. The van der Waals surface area contributed by atoms with E-state index in [4.69, 9.17) is 0 Å². The first-order chi connectivity index (χ1) is 9.13. The van der Waals surface area contributed by atoms with Crippen molar-refractivity contribution in [3.8, 4) is 0 Å². The highest BCUT2D eigenvalue weighted by molar-refractivity contribution is 5.94. The number of carbonyl (C=O) groups excluding carboxylic acids is 1. The van der Waals surface area contributed by atoms with Crippen LogP contribution >= 0.6 is 0 Å². The number of nitrogens with zero attached hydrogens (tertiary/aromatic N) is 1. The lowest BCUT2D eigenvalue weighted by molar-refractivity contribution is 0.0642. The summed E-state index contributed by atoms with van der Waals surface area (Å²) in [5, 5.41) is 3.44. The molecule has 0 radical (unpaired) electrons. The standard InChI is InChI=1S/C16H22N2O/c1-11-5-12(2)7-14(6-11)16(19)18-4-3-13-8-17-9-15(13)10-18/h5-7,13,15,17H,3-4,8-10H2,1-2H3. The van der Waals surface area contributed by atoms with Gasteiger partial charge in [0.1, 0.15) is 0 Å². The van der Waals surface area contributed by atoms with Crippen LogP contribution in [0.3, 0.4) is 0 Å². The van der Waals surface area contributed by atoms with Crippen LogP contribution in [0.2, 0.25) is 0 Å². The third-order valence-electron chi connectivity index (χ3n) is 4.46. The Balaban J connectivity index is 1.76. The summed E-state index contributed by atoms with van der Waals surface area (Å²) in [4.78, 5) is 14.6. The lowest BCUT2D eigenvalue weighted by Gasteiger charge is -2.34. The molecule has 1 aromatic carbocycles. The lowest BCUT2D eigenvalue weighted by Crippen LogP contribution is -2.43. The van der Waals surface area contributed by atoms with E-state index < -0.39 is 0 Å². The van der Waals surface area contributed by atoms with E-state index in [-0.39, 0.29) is 5.91 Å². The van der Waals surface area contributed by atoms with Crippen LogP contribution in [0.15, 0.2) is 18.2 Å². The summed E-state index contributed by atoms with van der Waals surface area (Å²) in [5.74, 6) is 1.64. The predicted molar refractivity (Wildman–Crippen MR) is 76.3 cm³/mol. The van der Waals surface area contributed by atoms with Gasteiger partial charge in [0.2, 0.25) is 0 Å². The Hall–Kier alpha value is -1.35. The van der Waals surface area contributed by atoms with Gasteiger partial charge in [-0.2, -0.15) is 0 Å². The molecular formula is C16H22N2O. The van der Waals surface area contributed by atoms with Gasteiger partial charge in [0, 0.05) is 18.7 Å². The maximum absolute atomic E-state index is 12.6. The quantitative estimate of drug-likeness (QED) is 0.835. The molecule has 1 aromatic rings. The molecule has 0 bridgehead atoms. The Morgan fingerprint density at radius 1 is 1.16 bits per heavy atom. The minimum absolute atomic E-state index is 0.206. The van der Waals surface area contributed by atoms with E-state index in [9.17, 15) is 4.79 Å². The molecule has 0 spiro atoms. The smallest absolute Gasteiger partial charge is 0.253 e. The van der Waals surface area contributed by atoms with Gasteiger partial charge in [-0.15, -0.1) is 0 Å². The number of carbonyl (C=O) groups is 1. The zero-order chi connectivity index (χ0) is 13.4. The molecular weight excluding hydrogens is 236 g/mol. The van der Waals surface area contributed by atoms with E-state index >= 15 is 0 Å². The van der Waals surface area contributed by atoms with Gasteiger partial charge in [0.25, 0.3) is 5.91 Å². The Labute approximate surface area is 115 Å². The van der Waals surface area contributed by atoms with E-state index in [0.29, 0.717) is 5.92 Å². The molecule has 2 atom stereocenters. The Morgan fingerprint density at radius 3 is 2.58 bits per heavy atom. The molecule has 0 aliphatic carbocycles. The number of piperidine rings is 1. The number of hydrogen-bond donors (Lipinski definition) is 1. The fourth-order valence-electron chi connectivity index (χ4n) is 3.50. The third kappa shape index (κ3) is 2.52. The average Bonchev–Trinajstić information content (AvgIpc) is 2.83. The van der Waals surface area contributed by atoms with E-state index in [1.165, 1.54) is 11.1 Å². The van der Waals surface area contributed by atoms with Crippen molar-refractivity contribution in [2.24, 2.45) is 11.8 Å².